The molecule has 0 amide bonds. The monoisotopic (exact) mass is 555 g/mol. The summed E-state index contributed by atoms with van der Waals surface area (Å²) in [6.07, 6.45) is 4.74. The van der Waals surface area contributed by atoms with Gasteiger partial charge in [0.2, 0.25) is 0 Å². The summed E-state index contributed by atoms with van der Waals surface area (Å²) in [7, 11) is -3.56. The lowest BCUT2D eigenvalue weighted by Crippen LogP contribution is -2.46. The number of hydrogen-bond acceptors (Lipinski definition) is 8. The number of carboxylic acid groups (broad SMARTS) is 1. The maximum Gasteiger partial charge on any atom is 0.353 e. The summed E-state index contributed by atoms with van der Waals surface area (Å²) in [6.45, 7) is 1.22. The van der Waals surface area contributed by atoms with Crippen LogP contribution in [0.15, 0.2) is 51.8 Å². The molecule has 1 aromatic heterocycles. The first-order valence-electron chi connectivity index (χ1n) is 11.8. The number of rotatable bonds is 6. The molecular formula is C24H30ClN3O6S2. The molecular weight excluding hydrogens is 526 g/mol. The van der Waals surface area contributed by atoms with E-state index in [-0.39, 0.29) is 41.6 Å². The van der Waals surface area contributed by atoms with Crippen LogP contribution < -0.4 is 5.73 Å². The Bertz CT molecular complexity index is 1180. The number of aliphatic carboxylic acids is 1. The Morgan fingerprint density at radius 1 is 1.22 bits per heavy atom. The van der Waals surface area contributed by atoms with Gasteiger partial charge in [-0.3, -0.25) is 0 Å². The zero-order valence-corrected chi connectivity index (χ0v) is 22.1. The van der Waals surface area contributed by atoms with Crippen molar-refractivity contribution in [3.63, 3.8) is 0 Å². The number of sulfonamides is 1. The Hall–Kier alpha value is -2.02. The number of nitrogens with zero attached hydrogens (tertiary/aromatic N) is 2. The Kier molecular flexibility index (Phi) is 8.69. The summed E-state index contributed by atoms with van der Waals surface area (Å²) in [6, 6.07) is 13.5. The molecule has 36 heavy (non-hydrogen) atoms. The maximum absolute atomic E-state index is 12.5. The van der Waals surface area contributed by atoms with Gasteiger partial charge in [0.1, 0.15) is 9.81 Å². The van der Waals surface area contributed by atoms with E-state index in [2.05, 4.69) is 17.3 Å². The van der Waals surface area contributed by atoms with E-state index in [9.17, 15) is 13.2 Å². The van der Waals surface area contributed by atoms with Gasteiger partial charge < -0.3 is 20.4 Å². The number of carboxylic acids is 1. The third-order valence-electron chi connectivity index (χ3n) is 6.67. The van der Waals surface area contributed by atoms with E-state index in [4.69, 9.17) is 32.0 Å². The second kappa shape index (κ2) is 11.6. The Balaban J connectivity index is 0.000000187. The minimum Gasteiger partial charge on any atom is -0.477 e. The van der Waals surface area contributed by atoms with Crippen molar-refractivity contribution >= 4 is 44.6 Å². The predicted molar refractivity (Wildman–Crippen MR) is 138 cm³/mol. The molecule has 1 saturated carbocycles. The van der Waals surface area contributed by atoms with Crippen LogP contribution in [0.4, 0.5) is 0 Å². The van der Waals surface area contributed by atoms with E-state index in [1.165, 1.54) is 22.4 Å². The van der Waals surface area contributed by atoms with Gasteiger partial charge in [-0.15, -0.1) is 11.3 Å². The SMILES string of the molecule is NC1CCCC1OCc1ccccc1.O=C(O)C1=NOC2(CCN(S(=O)(=O)c3ccc(Cl)s3)CC2)C1. The van der Waals surface area contributed by atoms with Gasteiger partial charge in [0.15, 0.2) is 5.71 Å². The highest BCUT2D eigenvalue weighted by Crippen LogP contribution is 2.37. The van der Waals surface area contributed by atoms with Gasteiger partial charge in [0, 0.05) is 38.4 Å². The second-order valence-electron chi connectivity index (χ2n) is 9.19. The smallest absolute Gasteiger partial charge is 0.353 e. The first-order valence-corrected chi connectivity index (χ1v) is 14.5. The highest BCUT2D eigenvalue weighted by atomic mass is 35.5. The number of carbonyl (C=O) groups is 1. The summed E-state index contributed by atoms with van der Waals surface area (Å²) in [4.78, 5) is 16.2. The normalized spacial score (nSPS) is 23.6. The van der Waals surface area contributed by atoms with Crippen LogP contribution in [0, 0.1) is 0 Å². The van der Waals surface area contributed by atoms with Crippen molar-refractivity contribution in [2.75, 3.05) is 13.1 Å². The number of benzene rings is 1. The summed E-state index contributed by atoms with van der Waals surface area (Å²) in [5.74, 6) is -1.10. The molecule has 2 atom stereocenters. The van der Waals surface area contributed by atoms with Gasteiger partial charge in [-0.2, -0.15) is 4.31 Å². The molecule has 2 aliphatic heterocycles. The zero-order chi connectivity index (χ0) is 25.8. The molecule has 5 rings (SSSR count). The van der Waals surface area contributed by atoms with Gasteiger partial charge in [-0.1, -0.05) is 47.1 Å². The summed E-state index contributed by atoms with van der Waals surface area (Å²) < 4.78 is 32.8. The second-order valence-corrected chi connectivity index (χ2v) is 13.1. The summed E-state index contributed by atoms with van der Waals surface area (Å²) >= 11 is 6.81. The Morgan fingerprint density at radius 3 is 2.50 bits per heavy atom. The molecule has 0 radical (unpaired) electrons. The predicted octanol–water partition coefficient (Wildman–Crippen LogP) is 3.87. The van der Waals surface area contributed by atoms with Crippen molar-refractivity contribution in [1.29, 1.82) is 0 Å². The molecule has 3 aliphatic rings. The number of nitrogens with two attached hydrogens (primary N) is 1. The lowest BCUT2D eigenvalue weighted by molar-refractivity contribution is -0.129. The quantitative estimate of drug-likeness (QED) is 0.553. The number of ether oxygens (including phenoxy) is 1. The number of halogens is 1. The topological polar surface area (TPSA) is 132 Å². The average molecular weight is 556 g/mol. The van der Waals surface area contributed by atoms with E-state index in [1.54, 1.807) is 6.07 Å². The summed E-state index contributed by atoms with van der Waals surface area (Å²) in [5, 5.41) is 12.5. The molecule has 9 nitrogen and oxygen atoms in total. The number of piperidine rings is 1. The standard InChI is InChI=1S/C12H13ClN2O5S2.C12H17NO/c13-9-1-2-10(21-9)22(18,19)15-5-3-12(4-6-15)7-8(11(16)17)14-20-12;13-11-7-4-8-12(11)14-9-10-5-2-1-3-6-10/h1-2H,3-7H2,(H,16,17);1-3,5-6,11-12H,4,7-9,13H2. The minimum atomic E-state index is -3.56. The molecule has 2 fully saturated rings. The molecule has 3 N–H and O–H groups in total. The Labute approximate surface area is 219 Å². The van der Waals surface area contributed by atoms with Gasteiger partial charge in [0.25, 0.3) is 10.0 Å². The van der Waals surface area contributed by atoms with Crippen molar-refractivity contribution in [2.45, 2.75) is 67.1 Å². The first-order chi connectivity index (χ1) is 17.2. The molecule has 0 bridgehead atoms. The number of hydrogen-bond donors (Lipinski definition) is 2. The van der Waals surface area contributed by atoms with E-state index >= 15 is 0 Å². The highest BCUT2D eigenvalue weighted by Gasteiger charge is 2.46. The van der Waals surface area contributed by atoms with Crippen LogP contribution in [0.1, 0.15) is 44.1 Å². The van der Waals surface area contributed by atoms with Crippen LogP contribution in [0.2, 0.25) is 4.34 Å². The van der Waals surface area contributed by atoms with Gasteiger partial charge in [-0.05, 0) is 37.0 Å². The van der Waals surface area contributed by atoms with E-state index in [1.807, 2.05) is 18.2 Å². The van der Waals surface area contributed by atoms with E-state index < -0.39 is 21.6 Å². The van der Waals surface area contributed by atoms with Crippen LogP contribution >= 0.6 is 22.9 Å². The fourth-order valence-corrected chi connectivity index (χ4v) is 7.62. The molecule has 1 spiro atoms. The van der Waals surface area contributed by atoms with E-state index in [0.29, 0.717) is 23.8 Å². The third kappa shape index (κ3) is 6.45. The van der Waals surface area contributed by atoms with Gasteiger partial charge in [-0.25, -0.2) is 13.2 Å². The molecule has 3 heterocycles. The summed E-state index contributed by atoms with van der Waals surface area (Å²) in [5.41, 5.74) is 6.45. The maximum atomic E-state index is 12.5. The molecule has 2 aromatic rings. The lowest BCUT2D eigenvalue weighted by Gasteiger charge is -2.36. The molecule has 12 heteroatoms. The molecule has 1 aliphatic carbocycles. The fraction of sp³-hybridized carbons (Fsp3) is 0.500. The number of oxime groups is 1. The van der Waals surface area contributed by atoms with Crippen LogP contribution in [0.5, 0.6) is 0 Å². The largest absolute Gasteiger partial charge is 0.477 e. The molecule has 196 valence electrons. The van der Waals surface area contributed by atoms with Crippen molar-refractivity contribution in [3.8, 4) is 0 Å². The molecule has 1 aromatic carbocycles. The lowest BCUT2D eigenvalue weighted by atomic mass is 9.88. The van der Waals surface area contributed by atoms with Crippen molar-refractivity contribution in [2.24, 2.45) is 10.9 Å². The number of thiophene rings is 1. The van der Waals surface area contributed by atoms with Crippen LogP contribution in [-0.4, -0.2) is 60.3 Å². The van der Waals surface area contributed by atoms with E-state index in [0.717, 1.165) is 24.2 Å². The zero-order valence-electron chi connectivity index (χ0n) is 19.7. The van der Waals surface area contributed by atoms with Gasteiger partial charge >= 0.3 is 5.97 Å². The van der Waals surface area contributed by atoms with Crippen molar-refractivity contribution < 1.29 is 27.9 Å². The highest BCUT2D eigenvalue weighted by molar-refractivity contribution is 7.91. The van der Waals surface area contributed by atoms with Crippen LogP contribution in [0.3, 0.4) is 0 Å². The van der Waals surface area contributed by atoms with Crippen LogP contribution in [0.25, 0.3) is 0 Å². The molecule has 2 unspecified atom stereocenters. The first kappa shape index (κ1) is 27.0. The minimum absolute atomic E-state index is 0.0126. The van der Waals surface area contributed by atoms with Crippen molar-refractivity contribution in [3.05, 3.63) is 52.4 Å². The fourth-order valence-electron chi connectivity index (χ4n) is 4.54. The third-order valence-corrected chi connectivity index (χ3v) is 10.3. The Morgan fingerprint density at radius 2 is 1.94 bits per heavy atom. The van der Waals surface area contributed by atoms with Crippen molar-refractivity contribution in [1.82, 2.24) is 4.31 Å². The van der Waals surface area contributed by atoms with Crippen LogP contribution in [-0.2, 0) is 31.0 Å². The average Bonchev–Trinajstić information content (AvgIpc) is 3.60. The molecule has 1 saturated heterocycles. The van der Waals surface area contributed by atoms with Gasteiger partial charge in [0.05, 0.1) is 17.0 Å².